The molecule has 5 heterocycles. The monoisotopic (exact) mass is 790 g/mol. The van der Waals surface area contributed by atoms with Crippen molar-refractivity contribution in [3.05, 3.63) is 72.3 Å². The molecule has 3 amide bonds. The average Bonchev–Trinajstić information content (AvgIpc) is 4.04. The molecule has 1 radical (unpaired) electrons. The number of ether oxygens (including phenoxy) is 4. The number of likely N-dealkylation sites (tertiary alicyclic amines) is 2. The van der Waals surface area contributed by atoms with Crippen molar-refractivity contribution < 1.29 is 33.3 Å². The number of aromatic amines is 2. The number of hydrogen-bond acceptors (Lipinski definition) is 9. The minimum absolute atomic E-state index is 0.0635. The van der Waals surface area contributed by atoms with Crippen LogP contribution < -0.4 is 10.1 Å². The molecule has 5 aromatic rings. The van der Waals surface area contributed by atoms with Crippen molar-refractivity contribution in [3.8, 4) is 28.1 Å². The maximum atomic E-state index is 14.0. The summed E-state index contributed by atoms with van der Waals surface area (Å²) >= 11 is 0. The van der Waals surface area contributed by atoms with Crippen molar-refractivity contribution in [2.75, 3.05) is 34.5 Å². The van der Waals surface area contributed by atoms with Crippen molar-refractivity contribution in [1.82, 2.24) is 35.1 Å². The second kappa shape index (κ2) is 16.1. The van der Waals surface area contributed by atoms with Gasteiger partial charge in [-0.1, -0.05) is 32.0 Å². The Morgan fingerprint density at radius 2 is 1.83 bits per heavy atom. The van der Waals surface area contributed by atoms with E-state index < -0.39 is 18.2 Å². The van der Waals surface area contributed by atoms with Gasteiger partial charge in [-0.25, -0.2) is 14.8 Å². The number of fused-ring (bicyclic) bond motifs is 6. The molecule has 0 bridgehead atoms. The Hall–Kier alpha value is -5.47. The zero-order chi connectivity index (χ0) is 40.8. The van der Waals surface area contributed by atoms with E-state index in [1.54, 1.807) is 31.6 Å². The van der Waals surface area contributed by atoms with Gasteiger partial charge >= 0.3 is 6.09 Å². The molecule has 58 heavy (non-hydrogen) atoms. The Labute approximate surface area is 338 Å². The van der Waals surface area contributed by atoms with Crippen LogP contribution in [0.3, 0.4) is 0 Å². The van der Waals surface area contributed by atoms with Gasteiger partial charge in [0, 0.05) is 43.7 Å². The average molecular weight is 791 g/mol. The summed E-state index contributed by atoms with van der Waals surface area (Å²) in [4.78, 5) is 60.0. The van der Waals surface area contributed by atoms with E-state index >= 15 is 0 Å². The fraction of sp³-hybridized carbons (Fsp3) is 0.455. The fourth-order valence-corrected chi connectivity index (χ4v) is 8.95. The highest BCUT2D eigenvalue weighted by Gasteiger charge is 2.42. The van der Waals surface area contributed by atoms with Gasteiger partial charge in [0.15, 0.2) is 0 Å². The summed E-state index contributed by atoms with van der Waals surface area (Å²) in [6.07, 6.45) is 4.74. The molecule has 0 aliphatic carbocycles. The Bertz CT molecular complexity index is 2350. The molecular formula is C44H52N7O7. The number of nitrogens with one attached hydrogen (secondary N) is 3. The summed E-state index contributed by atoms with van der Waals surface area (Å²) in [5.41, 5.74) is 6.72. The molecule has 2 aromatic heterocycles. The van der Waals surface area contributed by atoms with Crippen LogP contribution in [-0.4, -0.2) is 100 Å². The highest BCUT2D eigenvalue weighted by atomic mass is 16.5. The number of rotatable bonds is 11. The molecule has 0 unspecified atom stereocenters. The van der Waals surface area contributed by atoms with E-state index in [9.17, 15) is 14.4 Å². The van der Waals surface area contributed by atoms with Crippen LogP contribution in [0.15, 0.2) is 48.7 Å². The van der Waals surface area contributed by atoms with Crippen LogP contribution in [0.2, 0.25) is 0 Å². The van der Waals surface area contributed by atoms with E-state index in [0.717, 1.165) is 74.2 Å². The first kappa shape index (κ1) is 39.4. The lowest BCUT2D eigenvalue weighted by Gasteiger charge is -2.30. The number of methoxy groups -OCH3 is 3. The number of H-pyrrole nitrogens is 2. The first-order valence-electron chi connectivity index (χ1n) is 20.1. The molecule has 6 atom stereocenters. The van der Waals surface area contributed by atoms with E-state index in [1.165, 1.54) is 14.2 Å². The van der Waals surface area contributed by atoms with Gasteiger partial charge in [-0.05, 0) is 85.4 Å². The minimum atomic E-state index is -0.948. The molecular weight excluding hydrogens is 739 g/mol. The van der Waals surface area contributed by atoms with Crippen molar-refractivity contribution in [1.29, 1.82) is 0 Å². The number of carbonyl (C=O) groups excluding carboxylic acids is 3. The summed E-state index contributed by atoms with van der Waals surface area (Å²) in [7, 11) is 4.41. The van der Waals surface area contributed by atoms with Crippen molar-refractivity contribution in [3.63, 3.8) is 0 Å². The first-order valence-corrected chi connectivity index (χ1v) is 20.1. The Morgan fingerprint density at radius 3 is 2.59 bits per heavy atom. The predicted molar refractivity (Wildman–Crippen MR) is 219 cm³/mol. The highest BCUT2D eigenvalue weighted by molar-refractivity contribution is 6.07. The van der Waals surface area contributed by atoms with Gasteiger partial charge in [-0.2, -0.15) is 0 Å². The van der Waals surface area contributed by atoms with Crippen molar-refractivity contribution >= 4 is 39.7 Å². The molecule has 8 rings (SSSR count). The van der Waals surface area contributed by atoms with E-state index in [2.05, 4.69) is 58.6 Å². The molecule has 3 N–H and O–H groups in total. The molecule has 305 valence electrons. The topological polar surface area (TPSA) is 164 Å². The van der Waals surface area contributed by atoms with Gasteiger partial charge in [0.25, 0.3) is 0 Å². The highest BCUT2D eigenvalue weighted by Crippen LogP contribution is 2.44. The summed E-state index contributed by atoms with van der Waals surface area (Å²) in [5, 5.41) is 4.74. The zero-order valence-corrected chi connectivity index (χ0v) is 34.1. The van der Waals surface area contributed by atoms with Crippen LogP contribution in [0, 0.1) is 18.3 Å². The molecule has 14 heteroatoms. The minimum Gasteiger partial charge on any atom is -0.488 e. The third kappa shape index (κ3) is 7.28. The van der Waals surface area contributed by atoms with Gasteiger partial charge in [-0.3, -0.25) is 9.59 Å². The van der Waals surface area contributed by atoms with Crippen LogP contribution >= 0.6 is 0 Å². The van der Waals surface area contributed by atoms with E-state index in [1.807, 2.05) is 24.8 Å². The maximum Gasteiger partial charge on any atom is 0.407 e. The predicted octanol–water partition coefficient (Wildman–Crippen LogP) is 6.87. The lowest BCUT2D eigenvalue weighted by atomic mass is 9.92. The summed E-state index contributed by atoms with van der Waals surface area (Å²) in [6.45, 7) is 9.22. The standard InChI is InChI=1S/C44H52N7O7/c1-23(2)14-38(52)51-24(3)8-13-35(51)42-46-33-12-10-27-17-32-30-11-9-28(16-29(30)22-58-37(32)18-31(27)40(33)48-42)34-19-45-41(47-34)36-15-26(21-55-5)20-50(36)43(53)39(25(4)56-6)49-44(54)57-7/h9-12,14,16-19,23-26,35-36,39H,8,13,15,20-22H2,1-7H3,(H,45,47)(H,46,48)(H,49,54)/t24-,25-,26-,35-,36-,39-/m0/s1. The maximum absolute atomic E-state index is 14.0. The third-order valence-electron chi connectivity index (χ3n) is 11.9. The zero-order valence-electron chi connectivity index (χ0n) is 34.1. The number of nitrogens with zero attached hydrogens (tertiary/aromatic N) is 4. The number of imidazole rings is 2. The van der Waals surface area contributed by atoms with Crippen LogP contribution in [0.1, 0.15) is 76.3 Å². The number of hydrogen-bond donors (Lipinski definition) is 3. The van der Waals surface area contributed by atoms with E-state index in [0.29, 0.717) is 32.0 Å². The quantitative estimate of drug-likeness (QED) is 0.130. The number of alkyl carbamates (subject to hydrolysis) is 1. The number of benzene rings is 3. The Morgan fingerprint density at radius 1 is 1.00 bits per heavy atom. The van der Waals surface area contributed by atoms with Gasteiger partial charge in [-0.15, -0.1) is 0 Å². The van der Waals surface area contributed by atoms with Crippen molar-refractivity contribution in [2.45, 2.75) is 83.8 Å². The van der Waals surface area contributed by atoms with Gasteiger partial charge in [0.1, 0.15) is 30.0 Å². The molecule has 0 spiro atoms. The van der Waals surface area contributed by atoms with Crippen LogP contribution in [0.25, 0.3) is 44.2 Å². The molecule has 3 aromatic carbocycles. The van der Waals surface area contributed by atoms with Crippen LogP contribution in [-0.2, 0) is 30.4 Å². The molecule has 14 nitrogen and oxygen atoms in total. The summed E-state index contributed by atoms with van der Waals surface area (Å²) in [6, 6.07) is 13.5. The molecule has 3 aliphatic heterocycles. The summed E-state index contributed by atoms with van der Waals surface area (Å²) < 4.78 is 22.2. The molecule has 2 saturated heterocycles. The number of aromatic nitrogens is 4. The van der Waals surface area contributed by atoms with Crippen LogP contribution in [0.4, 0.5) is 4.79 Å². The van der Waals surface area contributed by atoms with Gasteiger partial charge in [0.2, 0.25) is 11.8 Å². The lowest BCUT2D eigenvalue weighted by Crippen LogP contribution is -2.54. The Kier molecular flexibility index (Phi) is 10.9. The molecule has 3 aliphatic rings. The van der Waals surface area contributed by atoms with Crippen molar-refractivity contribution in [2.24, 2.45) is 11.8 Å². The Balaban J connectivity index is 1.06. The number of amides is 3. The fourth-order valence-electron chi connectivity index (χ4n) is 8.95. The normalized spacial score (nSPS) is 21.2. The third-order valence-corrected chi connectivity index (χ3v) is 11.9. The molecule has 2 fully saturated rings. The van der Waals surface area contributed by atoms with E-state index in [4.69, 9.17) is 28.9 Å². The SMILES string of the molecule is COC[C@H]1C[C@@H](c2ncc(-c3ccc4c(c3)COc3cc5c(ccc6nc([C@@H]7CC[C@H](C)N7C(=O)[CH]C(C)C)[nH]c65)cc3-4)[nH]2)N(C(=O)[C@@H](NC(=O)OC)[C@H](C)OC)C1. The second-order valence-electron chi connectivity index (χ2n) is 16.2. The largest absolute Gasteiger partial charge is 0.488 e. The van der Waals surface area contributed by atoms with E-state index in [-0.39, 0.29) is 41.8 Å². The lowest BCUT2D eigenvalue weighted by molar-refractivity contribution is -0.137. The second-order valence-corrected chi connectivity index (χ2v) is 16.2. The van der Waals surface area contributed by atoms with Crippen LogP contribution in [0.5, 0.6) is 5.75 Å². The number of carbonyl (C=O) groups is 3. The first-order chi connectivity index (χ1) is 28.0. The summed E-state index contributed by atoms with van der Waals surface area (Å²) in [5.74, 6) is 2.31. The van der Waals surface area contributed by atoms with Gasteiger partial charge in [0.05, 0.1) is 61.2 Å². The molecule has 0 saturated carbocycles. The smallest absolute Gasteiger partial charge is 0.407 e. The van der Waals surface area contributed by atoms with Gasteiger partial charge < -0.3 is 44.0 Å².